The maximum absolute atomic E-state index is 5.80. The van der Waals surface area contributed by atoms with Gasteiger partial charge in [-0.1, -0.05) is 20.8 Å². The van der Waals surface area contributed by atoms with E-state index in [1.165, 1.54) is 0 Å². The summed E-state index contributed by atoms with van der Waals surface area (Å²) in [6.07, 6.45) is 4.00. The average Bonchev–Trinajstić information content (AvgIpc) is 2.28. The molecule has 0 aromatic carbocycles. The summed E-state index contributed by atoms with van der Waals surface area (Å²) in [4.78, 5) is 8.73. The van der Waals surface area contributed by atoms with Crippen molar-refractivity contribution in [2.75, 3.05) is 11.1 Å². The van der Waals surface area contributed by atoms with Crippen molar-refractivity contribution < 1.29 is 0 Å². The van der Waals surface area contributed by atoms with Crippen LogP contribution in [0.3, 0.4) is 0 Å². The molecule has 0 saturated carbocycles. The molecule has 1 aromatic heterocycles. The number of nitrogens with two attached hydrogens (primary N) is 1. The van der Waals surface area contributed by atoms with Crippen LogP contribution < -0.4 is 11.1 Å². The first kappa shape index (κ1) is 13.7. The Labute approximate surface area is 104 Å². The fraction of sp³-hybridized carbons (Fsp3) is 0.692. The van der Waals surface area contributed by atoms with Gasteiger partial charge in [-0.25, -0.2) is 9.97 Å². The molecule has 4 heteroatoms. The number of aryl methyl sites for hydroxylation is 1. The normalized spacial score (nSPS) is 11.5. The Kier molecular flexibility index (Phi) is 4.73. The number of anilines is 2. The van der Waals surface area contributed by atoms with Gasteiger partial charge in [-0.15, -0.1) is 0 Å². The zero-order valence-corrected chi connectivity index (χ0v) is 11.4. The first-order valence-corrected chi connectivity index (χ1v) is 6.44. The smallest absolute Gasteiger partial charge is 0.133 e. The third kappa shape index (κ3) is 3.88. The zero-order chi connectivity index (χ0) is 12.9. The Hall–Kier alpha value is -1.32. The van der Waals surface area contributed by atoms with Gasteiger partial charge in [-0.05, 0) is 26.2 Å². The van der Waals surface area contributed by atoms with Crippen molar-refractivity contribution in [3.63, 3.8) is 0 Å². The van der Waals surface area contributed by atoms with Gasteiger partial charge >= 0.3 is 0 Å². The second kappa shape index (κ2) is 5.84. The minimum atomic E-state index is 0.0737. The fourth-order valence-corrected chi connectivity index (χ4v) is 1.65. The number of hydrogen-bond acceptors (Lipinski definition) is 4. The van der Waals surface area contributed by atoms with Crippen LogP contribution in [0.2, 0.25) is 0 Å². The van der Waals surface area contributed by atoms with Gasteiger partial charge < -0.3 is 11.1 Å². The van der Waals surface area contributed by atoms with Crippen molar-refractivity contribution in [2.45, 2.75) is 58.9 Å². The minimum Gasteiger partial charge on any atom is -0.384 e. The molecule has 1 heterocycles. The molecule has 0 aliphatic heterocycles. The van der Waals surface area contributed by atoms with Crippen LogP contribution >= 0.6 is 0 Å². The van der Waals surface area contributed by atoms with Gasteiger partial charge in [0.1, 0.15) is 17.5 Å². The number of nitrogens with zero attached hydrogens (tertiary/aromatic N) is 2. The quantitative estimate of drug-likeness (QED) is 0.797. The maximum Gasteiger partial charge on any atom is 0.133 e. The highest BCUT2D eigenvalue weighted by atomic mass is 15.1. The van der Waals surface area contributed by atoms with E-state index in [0.29, 0.717) is 5.82 Å². The van der Waals surface area contributed by atoms with Crippen LogP contribution in [0, 0.1) is 0 Å². The van der Waals surface area contributed by atoms with Crippen molar-refractivity contribution in [2.24, 2.45) is 0 Å². The van der Waals surface area contributed by atoms with Crippen LogP contribution in [0.5, 0.6) is 0 Å². The van der Waals surface area contributed by atoms with Crippen LogP contribution in [-0.4, -0.2) is 15.5 Å². The first-order valence-electron chi connectivity index (χ1n) is 6.44. The molecule has 96 valence electrons. The molecule has 0 aliphatic carbocycles. The Balaban J connectivity index is 2.90. The molecular weight excluding hydrogens is 212 g/mol. The zero-order valence-electron chi connectivity index (χ0n) is 11.4. The lowest BCUT2D eigenvalue weighted by atomic mass is 9.96. The van der Waals surface area contributed by atoms with Crippen LogP contribution in [0.4, 0.5) is 11.6 Å². The highest BCUT2D eigenvalue weighted by Crippen LogP contribution is 2.21. The Morgan fingerprint density at radius 3 is 2.41 bits per heavy atom. The van der Waals surface area contributed by atoms with Gasteiger partial charge in [0.2, 0.25) is 0 Å². The monoisotopic (exact) mass is 236 g/mol. The topological polar surface area (TPSA) is 63.8 Å². The summed E-state index contributed by atoms with van der Waals surface area (Å²) in [5.74, 6) is 2.21. The molecule has 1 rings (SSSR count). The van der Waals surface area contributed by atoms with Crippen LogP contribution in [-0.2, 0) is 6.42 Å². The maximum atomic E-state index is 5.80. The van der Waals surface area contributed by atoms with Crippen molar-refractivity contribution in [1.29, 1.82) is 0 Å². The lowest BCUT2D eigenvalue weighted by Gasteiger charge is -2.29. The fourth-order valence-electron chi connectivity index (χ4n) is 1.65. The summed E-state index contributed by atoms with van der Waals surface area (Å²) in [5, 5.41) is 3.46. The summed E-state index contributed by atoms with van der Waals surface area (Å²) in [7, 11) is 0. The lowest BCUT2D eigenvalue weighted by molar-refractivity contribution is 0.476. The predicted molar refractivity (Wildman–Crippen MR) is 73.0 cm³/mol. The predicted octanol–water partition coefficient (Wildman–Crippen LogP) is 3.00. The van der Waals surface area contributed by atoms with E-state index < -0.39 is 0 Å². The Bertz CT molecular complexity index is 358. The van der Waals surface area contributed by atoms with E-state index >= 15 is 0 Å². The molecule has 0 aliphatic rings. The molecular formula is C13H24N4. The van der Waals surface area contributed by atoms with E-state index in [0.717, 1.165) is 37.3 Å². The number of nitrogen functional groups attached to an aromatic ring is 1. The molecule has 0 radical (unpaired) electrons. The summed E-state index contributed by atoms with van der Waals surface area (Å²) in [5.41, 5.74) is 5.87. The lowest BCUT2D eigenvalue weighted by Crippen LogP contribution is -2.33. The highest BCUT2D eigenvalue weighted by molar-refractivity contribution is 5.46. The largest absolute Gasteiger partial charge is 0.384 e. The molecule has 0 spiro atoms. The standard InChI is InChI=1S/C13H24N4/c1-5-8-11-15-10(14)9-12(16-11)17-13(4,6-2)7-3/h9H,5-8H2,1-4H3,(H3,14,15,16,17). The summed E-state index contributed by atoms with van der Waals surface area (Å²) in [6, 6.07) is 1.81. The van der Waals surface area contributed by atoms with Gasteiger partial charge in [0.25, 0.3) is 0 Å². The van der Waals surface area contributed by atoms with Gasteiger partial charge in [0.05, 0.1) is 0 Å². The molecule has 0 bridgehead atoms. The molecule has 0 fully saturated rings. The second-order valence-corrected chi connectivity index (χ2v) is 4.74. The summed E-state index contributed by atoms with van der Waals surface area (Å²) in [6.45, 7) is 8.66. The Morgan fingerprint density at radius 1 is 1.24 bits per heavy atom. The number of hydrogen-bond donors (Lipinski definition) is 2. The minimum absolute atomic E-state index is 0.0737. The van der Waals surface area contributed by atoms with Crippen LogP contribution in [0.1, 0.15) is 52.8 Å². The van der Waals surface area contributed by atoms with Crippen molar-refractivity contribution in [1.82, 2.24) is 9.97 Å². The molecule has 3 N–H and O–H groups in total. The van der Waals surface area contributed by atoms with Crippen LogP contribution in [0.15, 0.2) is 6.07 Å². The molecule has 1 aromatic rings. The van der Waals surface area contributed by atoms with E-state index in [1.54, 1.807) is 0 Å². The second-order valence-electron chi connectivity index (χ2n) is 4.74. The van der Waals surface area contributed by atoms with E-state index in [-0.39, 0.29) is 5.54 Å². The average molecular weight is 236 g/mol. The molecule has 0 amide bonds. The van der Waals surface area contributed by atoms with E-state index in [1.807, 2.05) is 6.07 Å². The van der Waals surface area contributed by atoms with E-state index in [9.17, 15) is 0 Å². The summed E-state index contributed by atoms with van der Waals surface area (Å²) < 4.78 is 0. The molecule has 0 saturated heterocycles. The molecule has 0 atom stereocenters. The van der Waals surface area contributed by atoms with Gasteiger partial charge in [-0.2, -0.15) is 0 Å². The molecule has 17 heavy (non-hydrogen) atoms. The third-order valence-corrected chi connectivity index (χ3v) is 3.26. The van der Waals surface area contributed by atoms with Gasteiger partial charge in [0.15, 0.2) is 0 Å². The van der Waals surface area contributed by atoms with E-state index in [2.05, 4.69) is 43.0 Å². The van der Waals surface area contributed by atoms with Crippen molar-refractivity contribution in [3.8, 4) is 0 Å². The van der Waals surface area contributed by atoms with E-state index in [4.69, 9.17) is 5.73 Å². The third-order valence-electron chi connectivity index (χ3n) is 3.26. The van der Waals surface area contributed by atoms with Gasteiger partial charge in [0, 0.05) is 18.0 Å². The SMILES string of the molecule is CCCc1nc(N)cc(NC(C)(CC)CC)n1. The van der Waals surface area contributed by atoms with Crippen molar-refractivity contribution >= 4 is 11.6 Å². The highest BCUT2D eigenvalue weighted by Gasteiger charge is 2.19. The number of rotatable bonds is 6. The first-order chi connectivity index (χ1) is 8.03. The molecule has 4 nitrogen and oxygen atoms in total. The van der Waals surface area contributed by atoms with Gasteiger partial charge in [-0.3, -0.25) is 0 Å². The molecule has 0 unspecified atom stereocenters. The van der Waals surface area contributed by atoms with Crippen molar-refractivity contribution in [3.05, 3.63) is 11.9 Å². The number of nitrogens with one attached hydrogen (secondary N) is 1. The number of aromatic nitrogens is 2. The summed E-state index contributed by atoms with van der Waals surface area (Å²) >= 11 is 0. The Morgan fingerprint density at radius 2 is 1.88 bits per heavy atom. The van der Waals surface area contributed by atoms with Crippen LogP contribution in [0.25, 0.3) is 0 Å².